The van der Waals surface area contributed by atoms with Crippen molar-refractivity contribution < 1.29 is 9.53 Å². The lowest BCUT2D eigenvalue weighted by molar-refractivity contribution is 0.0718. The first kappa shape index (κ1) is 14.1. The Morgan fingerprint density at radius 1 is 1.53 bits per heavy atom. The number of ether oxygens (including phenoxy) is 1. The molecule has 0 aromatic carbocycles. The van der Waals surface area contributed by atoms with Gasteiger partial charge in [0.15, 0.2) is 0 Å². The summed E-state index contributed by atoms with van der Waals surface area (Å²) in [6, 6.07) is 5.72. The van der Waals surface area contributed by atoms with Crippen LogP contribution in [0.4, 0.5) is 0 Å². The van der Waals surface area contributed by atoms with Crippen LogP contribution in [0.5, 0.6) is 0 Å². The minimum Gasteiger partial charge on any atom is -0.372 e. The highest BCUT2D eigenvalue weighted by Gasteiger charge is 2.14. The molecule has 94 valence electrons. The van der Waals surface area contributed by atoms with Crippen molar-refractivity contribution in [1.82, 2.24) is 10.3 Å². The molecule has 1 unspecified atom stereocenters. The molecule has 5 heteroatoms. The number of aromatic nitrogens is 1. The van der Waals surface area contributed by atoms with Crippen molar-refractivity contribution in [1.29, 1.82) is 0 Å². The Hall–Kier alpha value is -0.970. The van der Waals surface area contributed by atoms with E-state index in [1.807, 2.05) is 0 Å². The highest BCUT2D eigenvalue weighted by Crippen LogP contribution is 2.05. The van der Waals surface area contributed by atoms with Gasteiger partial charge in [0.05, 0.1) is 6.61 Å². The molecule has 17 heavy (non-hydrogen) atoms. The molecule has 1 N–H and O–H groups in total. The standard InChI is InChI=1S/C12H16N2O2.ClH/c15-12(11-5-1-2-6-14-11)9-16-8-10-4-3-7-13-10;/h1-2,5-6,10,13H,3-4,7-9H2;1H. The van der Waals surface area contributed by atoms with E-state index < -0.39 is 0 Å². The van der Waals surface area contributed by atoms with Crippen LogP contribution in [-0.2, 0) is 4.74 Å². The number of carbonyl (C=O) groups is 1. The highest BCUT2D eigenvalue weighted by atomic mass is 35.5. The lowest BCUT2D eigenvalue weighted by atomic mass is 10.2. The quantitative estimate of drug-likeness (QED) is 0.811. The molecule has 1 aromatic heterocycles. The summed E-state index contributed by atoms with van der Waals surface area (Å²) in [5.41, 5.74) is 0.474. The number of pyridine rings is 1. The molecular formula is C12H17ClN2O2. The second-order valence-corrected chi connectivity index (χ2v) is 3.95. The summed E-state index contributed by atoms with van der Waals surface area (Å²) < 4.78 is 5.38. The maximum absolute atomic E-state index is 11.6. The molecule has 0 amide bonds. The first-order valence-electron chi connectivity index (χ1n) is 5.61. The van der Waals surface area contributed by atoms with E-state index in [-0.39, 0.29) is 24.8 Å². The van der Waals surface area contributed by atoms with Crippen molar-refractivity contribution >= 4 is 18.2 Å². The van der Waals surface area contributed by atoms with Gasteiger partial charge in [-0.2, -0.15) is 0 Å². The zero-order chi connectivity index (χ0) is 11.2. The van der Waals surface area contributed by atoms with Gasteiger partial charge in [-0.25, -0.2) is 0 Å². The molecule has 0 radical (unpaired) electrons. The van der Waals surface area contributed by atoms with Crippen LogP contribution in [0.3, 0.4) is 0 Å². The number of hydrogen-bond donors (Lipinski definition) is 1. The van der Waals surface area contributed by atoms with Gasteiger partial charge in [-0.3, -0.25) is 9.78 Å². The number of hydrogen-bond acceptors (Lipinski definition) is 4. The number of Topliss-reactive ketones (excluding diaryl/α,β-unsaturated/α-hetero) is 1. The Bertz CT molecular complexity index is 340. The lowest BCUT2D eigenvalue weighted by Crippen LogP contribution is -2.28. The summed E-state index contributed by atoms with van der Waals surface area (Å²) in [7, 11) is 0. The maximum atomic E-state index is 11.6. The topological polar surface area (TPSA) is 51.2 Å². The molecule has 0 aliphatic carbocycles. The van der Waals surface area contributed by atoms with Gasteiger partial charge in [0, 0.05) is 12.2 Å². The fraction of sp³-hybridized carbons (Fsp3) is 0.500. The van der Waals surface area contributed by atoms with Crippen LogP contribution in [0.15, 0.2) is 24.4 Å². The average molecular weight is 257 g/mol. The highest BCUT2D eigenvalue weighted by molar-refractivity contribution is 5.95. The summed E-state index contributed by atoms with van der Waals surface area (Å²) in [6.45, 7) is 1.79. The number of nitrogens with zero attached hydrogens (tertiary/aromatic N) is 1. The Labute approximate surface area is 107 Å². The maximum Gasteiger partial charge on any atom is 0.206 e. The van der Waals surface area contributed by atoms with Gasteiger partial charge in [0.2, 0.25) is 5.78 Å². The van der Waals surface area contributed by atoms with E-state index in [1.165, 1.54) is 6.42 Å². The summed E-state index contributed by atoms with van der Waals surface area (Å²) in [5, 5.41) is 3.32. The van der Waals surface area contributed by atoms with Crippen LogP contribution < -0.4 is 5.32 Å². The van der Waals surface area contributed by atoms with Gasteiger partial charge in [-0.1, -0.05) is 6.07 Å². The molecular weight excluding hydrogens is 240 g/mol. The number of halogens is 1. The van der Waals surface area contributed by atoms with Crippen LogP contribution in [-0.4, -0.2) is 36.6 Å². The van der Waals surface area contributed by atoms with E-state index in [1.54, 1.807) is 24.4 Å². The van der Waals surface area contributed by atoms with E-state index >= 15 is 0 Å². The molecule has 0 saturated carbocycles. The Morgan fingerprint density at radius 2 is 2.41 bits per heavy atom. The molecule has 1 aliphatic rings. The fourth-order valence-corrected chi connectivity index (χ4v) is 1.79. The number of rotatable bonds is 5. The number of carbonyl (C=O) groups excluding carboxylic acids is 1. The lowest BCUT2D eigenvalue weighted by Gasteiger charge is -2.09. The van der Waals surface area contributed by atoms with Crippen molar-refractivity contribution in [3.05, 3.63) is 30.1 Å². The Balaban J connectivity index is 0.00000144. The summed E-state index contributed by atoms with van der Waals surface area (Å²) in [6.07, 6.45) is 3.95. The van der Waals surface area contributed by atoms with Gasteiger partial charge in [-0.15, -0.1) is 12.4 Å². The van der Waals surface area contributed by atoms with Crippen molar-refractivity contribution in [2.45, 2.75) is 18.9 Å². The molecule has 1 aliphatic heterocycles. The third-order valence-electron chi connectivity index (χ3n) is 2.67. The van der Waals surface area contributed by atoms with Crippen molar-refractivity contribution in [2.24, 2.45) is 0 Å². The summed E-state index contributed by atoms with van der Waals surface area (Å²) >= 11 is 0. The Kier molecular flexibility index (Phi) is 6.11. The normalized spacial score (nSPS) is 18.7. The zero-order valence-electron chi connectivity index (χ0n) is 9.59. The average Bonchev–Trinajstić information content (AvgIpc) is 2.83. The van der Waals surface area contributed by atoms with Gasteiger partial charge in [-0.05, 0) is 31.5 Å². The third kappa shape index (κ3) is 4.42. The molecule has 1 fully saturated rings. The first-order chi connectivity index (χ1) is 7.86. The van der Waals surface area contributed by atoms with Gasteiger partial charge >= 0.3 is 0 Å². The predicted octanol–water partition coefficient (Wildman–Crippen LogP) is 1.45. The minimum atomic E-state index is -0.0569. The first-order valence-corrected chi connectivity index (χ1v) is 5.61. The van der Waals surface area contributed by atoms with Gasteiger partial charge in [0.25, 0.3) is 0 Å². The second-order valence-electron chi connectivity index (χ2n) is 3.95. The van der Waals surface area contributed by atoms with Gasteiger partial charge in [0.1, 0.15) is 12.3 Å². The summed E-state index contributed by atoms with van der Waals surface area (Å²) in [4.78, 5) is 15.6. The minimum absolute atomic E-state index is 0. The van der Waals surface area contributed by atoms with E-state index in [0.717, 1.165) is 13.0 Å². The molecule has 2 rings (SSSR count). The largest absolute Gasteiger partial charge is 0.372 e. The van der Waals surface area contributed by atoms with E-state index in [0.29, 0.717) is 18.3 Å². The molecule has 0 spiro atoms. The van der Waals surface area contributed by atoms with Crippen molar-refractivity contribution in [3.63, 3.8) is 0 Å². The van der Waals surface area contributed by atoms with Crippen molar-refractivity contribution in [2.75, 3.05) is 19.8 Å². The van der Waals surface area contributed by atoms with E-state index in [4.69, 9.17) is 4.74 Å². The van der Waals surface area contributed by atoms with Crippen LogP contribution in [0.1, 0.15) is 23.3 Å². The Morgan fingerprint density at radius 3 is 3.06 bits per heavy atom. The van der Waals surface area contributed by atoms with E-state index in [9.17, 15) is 4.79 Å². The number of ketones is 1. The fourth-order valence-electron chi connectivity index (χ4n) is 1.79. The molecule has 1 atom stereocenters. The predicted molar refractivity (Wildman–Crippen MR) is 67.7 cm³/mol. The second kappa shape index (κ2) is 7.37. The molecule has 4 nitrogen and oxygen atoms in total. The molecule has 2 heterocycles. The third-order valence-corrected chi connectivity index (χ3v) is 2.67. The van der Waals surface area contributed by atoms with Crippen LogP contribution >= 0.6 is 12.4 Å². The van der Waals surface area contributed by atoms with Crippen molar-refractivity contribution in [3.8, 4) is 0 Å². The van der Waals surface area contributed by atoms with Crippen LogP contribution in [0.25, 0.3) is 0 Å². The number of nitrogens with one attached hydrogen (secondary N) is 1. The summed E-state index contributed by atoms with van der Waals surface area (Å²) in [5.74, 6) is -0.0569. The van der Waals surface area contributed by atoms with Gasteiger partial charge < -0.3 is 10.1 Å². The van der Waals surface area contributed by atoms with Crippen LogP contribution in [0.2, 0.25) is 0 Å². The molecule has 1 saturated heterocycles. The smallest absolute Gasteiger partial charge is 0.206 e. The monoisotopic (exact) mass is 256 g/mol. The SMILES string of the molecule is Cl.O=C(COCC1CCCN1)c1ccccn1. The van der Waals surface area contributed by atoms with Crippen LogP contribution in [0, 0.1) is 0 Å². The van der Waals surface area contributed by atoms with E-state index in [2.05, 4.69) is 10.3 Å². The molecule has 1 aromatic rings. The molecule has 0 bridgehead atoms. The zero-order valence-corrected chi connectivity index (χ0v) is 10.4.